The van der Waals surface area contributed by atoms with Gasteiger partial charge in [0.15, 0.2) is 5.78 Å². The Morgan fingerprint density at radius 3 is 2.68 bits per heavy atom. The molecule has 0 N–H and O–H groups in total. The molecule has 2 heterocycles. The zero-order valence-corrected chi connectivity index (χ0v) is 20.1. The minimum Gasteiger partial charge on any atom is -0.490 e. The van der Waals surface area contributed by atoms with Gasteiger partial charge in [0.1, 0.15) is 11.4 Å². The van der Waals surface area contributed by atoms with Crippen molar-refractivity contribution in [3.8, 4) is 22.7 Å². The molecule has 1 aliphatic rings. The Kier molecular flexibility index (Phi) is 5.73. The summed E-state index contributed by atoms with van der Waals surface area (Å²) in [6.45, 7) is 5.34. The summed E-state index contributed by atoms with van der Waals surface area (Å²) in [5.74, 6) is 0.844. The van der Waals surface area contributed by atoms with Gasteiger partial charge in [0.25, 0.3) is 0 Å². The first-order valence-electron chi connectivity index (χ1n) is 11.7. The highest BCUT2D eigenvalue weighted by Crippen LogP contribution is 2.32. The molecule has 34 heavy (non-hydrogen) atoms. The van der Waals surface area contributed by atoms with Crippen LogP contribution in [0.25, 0.3) is 27.8 Å². The lowest BCUT2D eigenvalue weighted by Crippen LogP contribution is -2.32. The second-order valence-electron chi connectivity index (χ2n) is 9.47. The van der Waals surface area contributed by atoms with Crippen molar-refractivity contribution in [3.05, 3.63) is 60.4 Å². The molecular formula is C27H30N4O3. The van der Waals surface area contributed by atoms with Gasteiger partial charge in [-0.1, -0.05) is 24.3 Å². The summed E-state index contributed by atoms with van der Waals surface area (Å²) in [7, 11) is 1.93. The predicted molar refractivity (Wildman–Crippen MR) is 131 cm³/mol. The van der Waals surface area contributed by atoms with E-state index in [1.54, 1.807) is 20.8 Å². The molecule has 0 radical (unpaired) electrons. The molecular weight excluding hydrogens is 428 g/mol. The minimum atomic E-state index is -0.872. The molecule has 2 aromatic carbocycles. The van der Waals surface area contributed by atoms with Gasteiger partial charge in [-0.15, -0.1) is 0 Å². The van der Waals surface area contributed by atoms with Crippen LogP contribution in [0.5, 0.6) is 5.75 Å². The first kappa shape index (κ1) is 22.3. The molecule has 5 rings (SSSR count). The summed E-state index contributed by atoms with van der Waals surface area (Å²) in [6, 6.07) is 16.3. The van der Waals surface area contributed by atoms with Crippen molar-refractivity contribution in [3.63, 3.8) is 0 Å². The fraction of sp³-hybridized carbons (Fsp3) is 0.370. The van der Waals surface area contributed by atoms with Crippen LogP contribution < -0.4 is 4.74 Å². The quantitative estimate of drug-likeness (QED) is 0.361. The van der Waals surface area contributed by atoms with Crippen molar-refractivity contribution < 1.29 is 14.3 Å². The van der Waals surface area contributed by atoms with Crippen molar-refractivity contribution in [2.45, 2.75) is 58.3 Å². The minimum absolute atomic E-state index is 0.0207. The van der Waals surface area contributed by atoms with Gasteiger partial charge < -0.3 is 9.47 Å². The van der Waals surface area contributed by atoms with E-state index in [-0.39, 0.29) is 12.4 Å². The van der Waals surface area contributed by atoms with Crippen LogP contribution in [0.4, 0.5) is 0 Å². The van der Waals surface area contributed by atoms with E-state index in [2.05, 4.69) is 17.2 Å². The van der Waals surface area contributed by atoms with E-state index in [4.69, 9.17) is 14.6 Å². The first-order valence-corrected chi connectivity index (χ1v) is 11.7. The summed E-state index contributed by atoms with van der Waals surface area (Å²) in [6.07, 6.45) is 5.61. The molecule has 0 atom stereocenters. The van der Waals surface area contributed by atoms with Crippen LogP contribution in [0.15, 0.2) is 54.7 Å². The standard InChI is InChI=1S/C27H30N4O3/c1-18(32)27(2,3)33-17-21-15-25(19-8-5-12-23(14-19)34-22-10-7-11-22)31(29-21)24-13-6-9-20-16-28-30(4)26(20)24/h5-6,8-9,12-16,22H,7,10-11,17H2,1-4H3. The van der Waals surface area contributed by atoms with Crippen molar-refractivity contribution in [2.24, 2.45) is 7.05 Å². The number of carbonyl (C=O) groups is 1. The Morgan fingerprint density at radius 2 is 1.94 bits per heavy atom. The Balaban J connectivity index is 1.58. The molecule has 1 saturated carbocycles. The lowest BCUT2D eigenvalue weighted by molar-refractivity contribution is -0.139. The molecule has 2 aromatic heterocycles. The Bertz CT molecular complexity index is 1350. The summed E-state index contributed by atoms with van der Waals surface area (Å²) >= 11 is 0. The third-order valence-electron chi connectivity index (χ3n) is 6.64. The molecule has 0 bridgehead atoms. The van der Waals surface area contributed by atoms with Gasteiger partial charge in [0.2, 0.25) is 0 Å². The number of benzene rings is 2. The largest absolute Gasteiger partial charge is 0.490 e. The van der Waals surface area contributed by atoms with E-state index in [0.717, 1.165) is 52.1 Å². The Labute approximate surface area is 199 Å². The van der Waals surface area contributed by atoms with Crippen molar-refractivity contribution in [1.29, 1.82) is 0 Å². The van der Waals surface area contributed by atoms with Crippen LogP contribution in [0.3, 0.4) is 0 Å². The number of ketones is 1. The number of aromatic nitrogens is 4. The molecule has 1 aliphatic carbocycles. The van der Waals surface area contributed by atoms with Gasteiger partial charge in [-0.2, -0.15) is 10.2 Å². The summed E-state index contributed by atoms with van der Waals surface area (Å²) in [5, 5.41) is 10.4. The third kappa shape index (κ3) is 4.23. The number of ether oxygens (including phenoxy) is 2. The number of Topliss-reactive ketones (excluding diaryl/α,β-unsaturated/α-hetero) is 1. The smallest absolute Gasteiger partial charge is 0.161 e. The molecule has 0 unspecified atom stereocenters. The highest BCUT2D eigenvalue weighted by Gasteiger charge is 2.25. The van der Waals surface area contributed by atoms with Gasteiger partial charge in [-0.25, -0.2) is 4.68 Å². The van der Waals surface area contributed by atoms with E-state index in [0.29, 0.717) is 6.10 Å². The highest BCUT2D eigenvalue weighted by molar-refractivity contribution is 5.87. The number of fused-ring (bicyclic) bond motifs is 1. The maximum absolute atomic E-state index is 11.9. The normalized spacial score (nSPS) is 14.4. The Hall–Kier alpha value is -3.45. The molecule has 0 amide bonds. The zero-order chi connectivity index (χ0) is 23.9. The van der Waals surface area contributed by atoms with Crippen molar-refractivity contribution in [1.82, 2.24) is 19.6 Å². The molecule has 1 fully saturated rings. The number of para-hydroxylation sites is 1. The molecule has 0 spiro atoms. The van der Waals surface area contributed by atoms with Gasteiger partial charge in [-0.05, 0) is 64.3 Å². The van der Waals surface area contributed by atoms with E-state index in [1.165, 1.54) is 6.42 Å². The summed E-state index contributed by atoms with van der Waals surface area (Å²) in [4.78, 5) is 11.9. The zero-order valence-electron chi connectivity index (χ0n) is 20.1. The average molecular weight is 459 g/mol. The van der Waals surface area contributed by atoms with Crippen molar-refractivity contribution in [2.75, 3.05) is 0 Å². The number of aryl methyl sites for hydroxylation is 1. The van der Waals surface area contributed by atoms with Crippen LogP contribution in [-0.4, -0.2) is 37.0 Å². The van der Waals surface area contributed by atoms with Crippen LogP contribution >= 0.6 is 0 Å². The van der Waals surface area contributed by atoms with E-state index >= 15 is 0 Å². The van der Waals surface area contributed by atoms with Gasteiger partial charge in [0, 0.05) is 18.0 Å². The third-order valence-corrected chi connectivity index (χ3v) is 6.64. The van der Waals surface area contributed by atoms with Crippen LogP contribution in [0.1, 0.15) is 45.7 Å². The molecule has 7 nitrogen and oxygen atoms in total. The second-order valence-corrected chi connectivity index (χ2v) is 9.47. The summed E-state index contributed by atoms with van der Waals surface area (Å²) in [5.41, 5.74) is 3.71. The number of carbonyl (C=O) groups excluding carboxylic acids is 1. The Morgan fingerprint density at radius 1 is 1.15 bits per heavy atom. The van der Waals surface area contributed by atoms with Gasteiger partial charge >= 0.3 is 0 Å². The first-order chi connectivity index (χ1) is 16.3. The van der Waals surface area contributed by atoms with Gasteiger partial charge in [0.05, 0.1) is 41.5 Å². The SMILES string of the molecule is CC(=O)C(C)(C)OCc1cc(-c2cccc(OC3CCC3)c2)n(-c2cccc3cnn(C)c23)n1. The number of nitrogens with zero attached hydrogens (tertiary/aromatic N) is 4. The van der Waals surface area contributed by atoms with Gasteiger partial charge in [-0.3, -0.25) is 9.48 Å². The molecule has 0 aliphatic heterocycles. The molecule has 176 valence electrons. The maximum Gasteiger partial charge on any atom is 0.161 e. The van der Waals surface area contributed by atoms with Crippen molar-refractivity contribution >= 4 is 16.7 Å². The van der Waals surface area contributed by atoms with Crippen LogP contribution in [0, 0.1) is 0 Å². The molecule has 7 heteroatoms. The van der Waals surface area contributed by atoms with Crippen LogP contribution in [0.2, 0.25) is 0 Å². The van der Waals surface area contributed by atoms with E-state index in [9.17, 15) is 4.79 Å². The monoisotopic (exact) mass is 458 g/mol. The second kappa shape index (κ2) is 8.72. The lowest BCUT2D eigenvalue weighted by atomic mass is 9.96. The maximum atomic E-state index is 11.9. The van der Waals surface area contributed by atoms with E-state index < -0.39 is 5.60 Å². The fourth-order valence-electron chi connectivity index (χ4n) is 4.04. The fourth-order valence-corrected chi connectivity index (χ4v) is 4.04. The average Bonchev–Trinajstić information content (AvgIpc) is 3.39. The highest BCUT2D eigenvalue weighted by atomic mass is 16.5. The summed E-state index contributed by atoms with van der Waals surface area (Å²) < 4.78 is 15.9. The molecule has 0 saturated heterocycles. The predicted octanol–water partition coefficient (Wildman–Crippen LogP) is 5.24. The molecule has 4 aromatic rings. The number of hydrogen-bond donors (Lipinski definition) is 0. The van der Waals surface area contributed by atoms with E-state index in [1.807, 2.05) is 59.0 Å². The van der Waals surface area contributed by atoms with Crippen LogP contribution in [-0.2, 0) is 23.2 Å². The number of rotatable bonds is 8. The number of hydrogen-bond acceptors (Lipinski definition) is 5. The topological polar surface area (TPSA) is 71.2 Å². The lowest BCUT2D eigenvalue weighted by Gasteiger charge is -2.26.